The molecule has 16 heavy (non-hydrogen) atoms. The molecule has 0 unspecified atom stereocenters. The van der Waals surface area contributed by atoms with Crippen molar-refractivity contribution in [3.05, 3.63) is 30.0 Å². The highest BCUT2D eigenvalue weighted by Gasteiger charge is 2.12. The predicted molar refractivity (Wildman–Crippen MR) is 54.3 cm³/mol. The maximum Gasteiger partial charge on any atom is 0.293 e. The molecule has 0 radical (unpaired) electrons. The Labute approximate surface area is 89.7 Å². The molecular formula is C10H8N2O4. The second-order valence-electron chi connectivity index (χ2n) is 3.14. The Kier molecular flexibility index (Phi) is 2.34. The van der Waals surface area contributed by atoms with Crippen molar-refractivity contribution in [1.82, 2.24) is 10.5 Å². The van der Waals surface area contributed by atoms with Crippen LogP contribution < -0.4 is 5.48 Å². The third-order valence-corrected chi connectivity index (χ3v) is 2.13. The minimum atomic E-state index is -0.861. The van der Waals surface area contributed by atoms with E-state index in [9.17, 15) is 15.0 Å². The minimum absolute atomic E-state index is 0.0982. The Morgan fingerprint density at radius 3 is 2.69 bits per heavy atom. The van der Waals surface area contributed by atoms with Gasteiger partial charge in [0.1, 0.15) is 22.7 Å². The number of hydroxylamine groups is 1. The predicted octanol–water partition coefficient (Wildman–Crippen LogP) is 0.765. The Hall–Kier alpha value is -2.34. The summed E-state index contributed by atoms with van der Waals surface area (Å²) in [4.78, 5) is 14.9. The number of nitrogens with zero attached hydrogens (tertiary/aromatic N) is 1. The number of nitrogens with one attached hydrogen (secondary N) is 1. The molecule has 0 saturated heterocycles. The summed E-state index contributed by atoms with van der Waals surface area (Å²) in [5.74, 6) is -1.21. The van der Waals surface area contributed by atoms with Gasteiger partial charge >= 0.3 is 0 Å². The maximum atomic E-state index is 11.1. The van der Waals surface area contributed by atoms with Gasteiger partial charge in [-0.1, -0.05) is 6.07 Å². The first kappa shape index (κ1) is 10.2. The highest BCUT2D eigenvalue weighted by Crippen LogP contribution is 2.29. The van der Waals surface area contributed by atoms with Gasteiger partial charge in [-0.15, -0.1) is 0 Å². The average molecular weight is 220 g/mol. The number of fused-ring (bicyclic) bond motifs is 1. The van der Waals surface area contributed by atoms with E-state index in [1.165, 1.54) is 11.5 Å². The number of amides is 1. The number of aromatic hydroxyl groups is 2. The largest absolute Gasteiger partial charge is 0.507 e. The van der Waals surface area contributed by atoms with Crippen molar-refractivity contribution in [1.29, 1.82) is 0 Å². The Morgan fingerprint density at radius 1 is 1.25 bits per heavy atom. The van der Waals surface area contributed by atoms with Crippen LogP contribution >= 0.6 is 0 Å². The molecule has 0 aliphatic rings. The summed E-state index contributed by atoms with van der Waals surface area (Å²) in [5.41, 5.74) is 1.31. The molecule has 6 heteroatoms. The van der Waals surface area contributed by atoms with Gasteiger partial charge in [0.05, 0.1) is 0 Å². The molecule has 0 aliphatic heterocycles. The fourth-order valence-electron chi connectivity index (χ4n) is 1.39. The van der Waals surface area contributed by atoms with Crippen molar-refractivity contribution in [3.8, 4) is 11.5 Å². The van der Waals surface area contributed by atoms with Gasteiger partial charge in [0, 0.05) is 11.5 Å². The molecule has 0 saturated carbocycles. The molecule has 0 aliphatic carbocycles. The Bertz CT molecular complexity index is 568. The zero-order valence-corrected chi connectivity index (χ0v) is 8.01. The number of carbonyl (C=O) groups excluding carboxylic acids is 1. The molecule has 0 spiro atoms. The van der Waals surface area contributed by atoms with Crippen LogP contribution in [0, 0.1) is 0 Å². The van der Waals surface area contributed by atoms with Crippen LogP contribution in [-0.4, -0.2) is 26.3 Å². The fourth-order valence-corrected chi connectivity index (χ4v) is 1.39. The zero-order chi connectivity index (χ0) is 11.7. The van der Waals surface area contributed by atoms with Crippen molar-refractivity contribution in [2.24, 2.45) is 0 Å². The average Bonchev–Trinajstić information content (AvgIpc) is 2.29. The molecule has 6 nitrogen and oxygen atoms in total. The zero-order valence-electron chi connectivity index (χ0n) is 8.01. The van der Waals surface area contributed by atoms with E-state index in [0.29, 0.717) is 5.39 Å². The second-order valence-corrected chi connectivity index (χ2v) is 3.14. The van der Waals surface area contributed by atoms with Crippen LogP contribution in [0.1, 0.15) is 10.5 Å². The van der Waals surface area contributed by atoms with Gasteiger partial charge in [-0.05, 0) is 12.1 Å². The number of aromatic nitrogens is 1. The lowest BCUT2D eigenvalue weighted by Gasteiger charge is -2.05. The Morgan fingerprint density at radius 2 is 2.00 bits per heavy atom. The number of para-hydroxylation sites is 1. The first-order valence-electron chi connectivity index (χ1n) is 4.39. The molecule has 82 valence electrons. The smallest absolute Gasteiger partial charge is 0.293 e. The van der Waals surface area contributed by atoms with Gasteiger partial charge in [0.2, 0.25) is 0 Å². The van der Waals surface area contributed by atoms with Crippen LogP contribution in [0.4, 0.5) is 0 Å². The standard InChI is InChI=1S/C10H8N2O4/c13-7-3-1-2-5-8(14)4-6(10(15)12-16)11-9(5)7/h1-4,13,16H,(H,11,14)(H,12,15). The summed E-state index contributed by atoms with van der Waals surface area (Å²) in [7, 11) is 0. The summed E-state index contributed by atoms with van der Waals surface area (Å²) in [6, 6.07) is 5.59. The van der Waals surface area contributed by atoms with Crippen LogP contribution in [-0.2, 0) is 0 Å². The van der Waals surface area contributed by atoms with E-state index in [0.717, 1.165) is 6.07 Å². The van der Waals surface area contributed by atoms with Crippen LogP contribution in [0.25, 0.3) is 10.9 Å². The maximum absolute atomic E-state index is 11.1. The summed E-state index contributed by atoms with van der Waals surface area (Å²) < 4.78 is 0. The molecule has 1 aromatic heterocycles. The molecule has 1 aromatic carbocycles. The van der Waals surface area contributed by atoms with Gasteiger partial charge in [-0.25, -0.2) is 10.5 Å². The topological polar surface area (TPSA) is 103 Å². The minimum Gasteiger partial charge on any atom is -0.507 e. The molecule has 0 fully saturated rings. The lowest BCUT2D eigenvalue weighted by Crippen LogP contribution is -2.19. The van der Waals surface area contributed by atoms with Gasteiger partial charge < -0.3 is 10.2 Å². The summed E-state index contributed by atoms with van der Waals surface area (Å²) in [6.45, 7) is 0. The van der Waals surface area contributed by atoms with E-state index in [1.807, 2.05) is 0 Å². The van der Waals surface area contributed by atoms with Crippen molar-refractivity contribution < 1.29 is 20.2 Å². The molecule has 1 heterocycles. The van der Waals surface area contributed by atoms with E-state index >= 15 is 0 Å². The van der Waals surface area contributed by atoms with Gasteiger partial charge in [-0.3, -0.25) is 10.0 Å². The molecule has 1 amide bonds. The second kappa shape index (κ2) is 3.67. The number of rotatable bonds is 1. The van der Waals surface area contributed by atoms with Gasteiger partial charge in [-0.2, -0.15) is 0 Å². The van der Waals surface area contributed by atoms with Crippen molar-refractivity contribution in [3.63, 3.8) is 0 Å². The van der Waals surface area contributed by atoms with Crippen molar-refractivity contribution in [2.45, 2.75) is 0 Å². The summed E-state index contributed by atoms with van der Waals surface area (Å²) in [6.07, 6.45) is 0. The number of carbonyl (C=O) groups is 1. The fraction of sp³-hybridized carbons (Fsp3) is 0. The number of benzene rings is 1. The monoisotopic (exact) mass is 220 g/mol. The molecule has 0 bridgehead atoms. The van der Waals surface area contributed by atoms with Gasteiger partial charge in [0.25, 0.3) is 5.91 Å². The van der Waals surface area contributed by atoms with Crippen molar-refractivity contribution in [2.75, 3.05) is 0 Å². The van der Waals surface area contributed by atoms with E-state index < -0.39 is 5.91 Å². The third-order valence-electron chi connectivity index (χ3n) is 2.13. The van der Waals surface area contributed by atoms with E-state index in [2.05, 4.69) is 4.98 Å². The molecule has 2 rings (SSSR count). The van der Waals surface area contributed by atoms with E-state index in [-0.39, 0.29) is 22.7 Å². The van der Waals surface area contributed by atoms with E-state index in [4.69, 9.17) is 5.21 Å². The van der Waals surface area contributed by atoms with Crippen LogP contribution in [0.15, 0.2) is 24.3 Å². The lowest BCUT2D eigenvalue weighted by atomic mass is 10.1. The number of phenols is 1. The molecule has 2 aromatic rings. The number of phenolic OH excluding ortho intramolecular Hbond substituents is 1. The van der Waals surface area contributed by atoms with Crippen LogP contribution in [0.3, 0.4) is 0 Å². The SMILES string of the molecule is O=C(NO)c1cc(O)c2cccc(O)c2n1. The Balaban J connectivity index is 2.75. The highest BCUT2D eigenvalue weighted by molar-refractivity contribution is 5.97. The highest BCUT2D eigenvalue weighted by atomic mass is 16.5. The number of hydrogen-bond donors (Lipinski definition) is 4. The van der Waals surface area contributed by atoms with Crippen LogP contribution in [0.5, 0.6) is 11.5 Å². The molecule has 4 N–H and O–H groups in total. The normalized spacial score (nSPS) is 10.3. The first-order chi connectivity index (χ1) is 7.63. The summed E-state index contributed by atoms with van der Waals surface area (Å²) in [5, 5.41) is 27.9. The quantitative estimate of drug-likeness (QED) is 0.420. The van der Waals surface area contributed by atoms with Crippen LogP contribution in [0.2, 0.25) is 0 Å². The first-order valence-corrected chi connectivity index (χ1v) is 4.39. The summed E-state index contributed by atoms with van der Waals surface area (Å²) >= 11 is 0. The van der Waals surface area contributed by atoms with Crippen molar-refractivity contribution >= 4 is 16.8 Å². The number of hydrogen-bond acceptors (Lipinski definition) is 5. The number of pyridine rings is 1. The van der Waals surface area contributed by atoms with E-state index in [1.54, 1.807) is 12.1 Å². The third kappa shape index (κ3) is 1.51. The van der Waals surface area contributed by atoms with Gasteiger partial charge in [0.15, 0.2) is 0 Å². The molecule has 0 atom stereocenters. The lowest BCUT2D eigenvalue weighted by molar-refractivity contribution is 0.0701. The molecular weight excluding hydrogens is 212 g/mol.